The van der Waals surface area contributed by atoms with Crippen LogP contribution in [0.1, 0.15) is 32.3 Å². The highest BCUT2D eigenvalue weighted by molar-refractivity contribution is 5.92. The molecule has 1 aliphatic rings. The van der Waals surface area contributed by atoms with Crippen molar-refractivity contribution in [3.05, 3.63) is 29.8 Å². The molecule has 5 heteroatoms. The fourth-order valence-electron chi connectivity index (χ4n) is 2.33. The number of carboxylic acid groups (broad SMARTS) is 1. The van der Waals surface area contributed by atoms with Crippen molar-refractivity contribution in [3.8, 4) is 5.75 Å². The van der Waals surface area contributed by atoms with Gasteiger partial charge in [-0.15, -0.1) is 0 Å². The van der Waals surface area contributed by atoms with Crippen molar-refractivity contribution < 1.29 is 19.4 Å². The Balaban J connectivity index is 2.14. The summed E-state index contributed by atoms with van der Waals surface area (Å²) >= 11 is 0. The van der Waals surface area contributed by atoms with Crippen molar-refractivity contribution in [2.45, 2.75) is 32.1 Å². The van der Waals surface area contributed by atoms with Gasteiger partial charge in [0.05, 0.1) is 17.9 Å². The molecule has 0 aromatic heterocycles. The number of para-hydroxylation sites is 1. The summed E-state index contributed by atoms with van der Waals surface area (Å²) in [7, 11) is 1.58. The lowest BCUT2D eigenvalue weighted by atomic mass is 9.91. The Kier molecular flexibility index (Phi) is 3.94. The minimum absolute atomic E-state index is 0.109. The first-order chi connectivity index (χ1) is 9.83. The van der Waals surface area contributed by atoms with Crippen LogP contribution in [-0.2, 0) is 15.0 Å². The largest absolute Gasteiger partial charge is 0.496 e. The number of methoxy groups -OCH3 is 1. The third-order valence-electron chi connectivity index (χ3n) is 4.08. The van der Waals surface area contributed by atoms with Crippen LogP contribution in [0.2, 0.25) is 0 Å². The second kappa shape index (κ2) is 5.39. The van der Waals surface area contributed by atoms with Crippen LogP contribution in [0.4, 0.5) is 0 Å². The number of benzene rings is 1. The molecule has 0 heterocycles. The molecule has 0 aliphatic heterocycles. The van der Waals surface area contributed by atoms with Crippen LogP contribution >= 0.6 is 0 Å². The first kappa shape index (κ1) is 15.4. The lowest BCUT2D eigenvalue weighted by Gasteiger charge is -2.23. The third kappa shape index (κ3) is 2.86. The summed E-state index contributed by atoms with van der Waals surface area (Å²) in [5, 5.41) is 11.9. The van der Waals surface area contributed by atoms with Crippen LogP contribution in [0, 0.1) is 5.41 Å². The molecule has 1 saturated carbocycles. The van der Waals surface area contributed by atoms with Crippen molar-refractivity contribution >= 4 is 11.9 Å². The van der Waals surface area contributed by atoms with E-state index in [-0.39, 0.29) is 12.5 Å². The van der Waals surface area contributed by atoms with Gasteiger partial charge in [-0.3, -0.25) is 9.59 Å². The molecule has 0 atom stereocenters. The van der Waals surface area contributed by atoms with Crippen LogP contribution in [0.3, 0.4) is 0 Å². The number of carbonyl (C=O) groups is 2. The van der Waals surface area contributed by atoms with E-state index in [1.807, 2.05) is 24.3 Å². The van der Waals surface area contributed by atoms with Gasteiger partial charge >= 0.3 is 5.97 Å². The van der Waals surface area contributed by atoms with Gasteiger partial charge in [0.2, 0.25) is 5.91 Å². The maximum absolute atomic E-state index is 12.5. The first-order valence-corrected chi connectivity index (χ1v) is 6.99. The molecule has 1 fully saturated rings. The summed E-state index contributed by atoms with van der Waals surface area (Å²) < 4.78 is 5.33. The van der Waals surface area contributed by atoms with Crippen LogP contribution in [0.15, 0.2) is 24.3 Å². The standard InChI is InChI=1S/C16H21NO4/c1-15(2,14(19)20)10-17-13(18)16(8-9-16)11-6-4-5-7-12(11)21-3/h4-7H,8-10H2,1-3H3,(H,17,18)(H,19,20). The van der Waals surface area contributed by atoms with E-state index in [1.54, 1.807) is 21.0 Å². The van der Waals surface area contributed by atoms with Gasteiger partial charge in [-0.05, 0) is 32.8 Å². The zero-order valence-corrected chi connectivity index (χ0v) is 12.6. The Labute approximate surface area is 124 Å². The van der Waals surface area contributed by atoms with E-state index in [0.717, 1.165) is 18.4 Å². The van der Waals surface area contributed by atoms with E-state index in [1.165, 1.54) is 0 Å². The van der Waals surface area contributed by atoms with Crippen molar-refractivity contribution in [1.82, 2.24) is 5.32 Å². The van der Waals surface area contributed by atoms with E-state index in [9.17, 15) is 9.59 Å². The van der Waals surface area contributed by atoms with Crippen LogP contribution in [-0.4, -0.2) is 30.6 Å². The number of rotatable bonds is 6. The Morgan fingerprint density at radius 3 is 2.48 bits per heavy atom. The van der Waals surface area contributed by atoms with Gasteiger partial charge < -0.3 is 15.2 Å². The molecule has 0 spiro atoms. The third-order valence-corrected chi connectivity index (χ3v) is 4.08. The fourth-order valence-corrected chi connectivity index (χ4v) is 2.33. The molecule has 2 N–H and O–H groups in total. The molecule has 1 aromatic rings. The molecule has 2 rings (SSSR count). The summed E-state index contributed by atoms with van der Waals surface area (Å²) in [6, 6.07) is 7.48. The smallest absolute Gasteiger partial charge is 0.310 e. The van der Waals surface area contributed by atoms with Crippen LogP contribution in [0.25, 0.3) is 0 Å². The van der Waals surface area contributed by atoms with Crippen molar-refractivity contribution in [2.24, 2.45) is 5.41 Å². The normalized spacial score (nSPS) is 16.1. The highest BCUT2D eigenvalue weighted by Crippen LogP contribution is 2.51. The monoisotopic (exact) mass is 291 g/mol. The Hall–Kier alpha value is -2.04. The topological polar surface area (TPSA) is 75.6 Å². The number of ether oxygens (including phenoxy) is 1. The number of hydrogen-bond donors (Lipinski definition) is 2. The average molecular weight is 291 g/mol. The van der Waals surface area contributed by atoms with Gasteiger partial charge in [-0.2, -0.15) is 0 Å². The van der Waals surface area contributed by atoms with E-state index < -0.39 is 16.8 Å². The number of hydrogen-bond acceptors (Lipinski definition) is 3. The SMILES string of the molecule is COc1ccccc1C1(C(=O)NCC(C)(C)C(=O)O)CC1. The van der Waals surface area contributed by atoms with Crippen molar-refractivity contribution in [2.75, 3.05) is 13.7 Å². The quantitative estimate of drug-likeness (QED) is 0.840. The first-order valence-electron chi connectivity index (χ1n) is 6.99. The molecular formula is C16H21NO4. The number of aliphatic carboxylic acids is 1. The highest BCUT2D eigenvalue weighted by Gasteiger charge is 2.53. The zero-order valence-electron chi connectivity index (χ0n) is 12.6. The molecule has 1 amide bonds. The maximum atomic E-state index is 12.5. The summed E-state index contributed by atoms with van der Waals surface area (Å²) in [6.45, 7) is 3.30. The predicted molar refractivity (Wildman–Crippen MR) is 78.3 cm³/mol. The number of amides is 1. The van der Waals surface area contributed by atoms with Crippen molar-refractivity contribution in [3.63, 3.8) is 0 Å². The summed E-state index contributed by atoms with van der Waals surface area (Å²) in [5.41, 5.74) is -0.675. The predicted octanol–water partition coefficient (Wildman–Crippen LogP) is 1.95. The second-order valence-electron chi connectivity index (χ2n) is 6.15. The van der Waals surface area contributed by atoms with Gasteiger partial charge in [0.15, 0.2) is 0 Å². The van der Waals surface area contributed by atoms with E-state index in [2.05, 4.69) is 5.32 Å². The molecule has 1 aromatic carbocycles. The summed E-state index contributed by atoms with van der Waals surface area (Å²) in [5.74, 6) is -0.353. The molecule has 0 unspecified atom stereocenters. The molecular weight excluding hydrogens is 270 g/mol. The van der Waals surface area contributed by atoms with E-state index >= 15 is 0 Å². The van der Waals surface area contributed by atoms with Gasteiger partial charge in [-0.1, -0.05) is 18.2 Å². The number of carboxylic acids is 1. The molecule has 0 saturated heterocycles. The Bertz CT molecular complexity index is 561. The summed E-state index contributed by atoms with van der Waals surface area (Å²) in [4.78, 5) is 23.6. The Morgan fingerprint density at radius 2 is 1.95 bits per heavy atom. The van der Waals surface area contributed by atoms with E-state index in [4.69, 9.17) is 9.84 Å². The van der Waals surface area contributed by atoms with Gasteiger partial charge in [0.1, 0.15) is 5.75 Å². The minimum atomic E-state index is -0.980. The van der Waals surface area contributed by atoms with Gasteiger partial charge in [-0.25, -0.2) is 0 Å². The molecule has 21 heavy (non-hydrogen) atoms. The summed E-state index contributed by atoms with van der Waals surface area (Å²) in [6.07, 6.45) is 1.51. The minimum Gasteiger partial charge on any atom is -0.496 e. The molecule has 0 radical (unpaired) electrons. The van der Waals surface area contributed by atoms with Crippen LogP contribution < -0.4 is 10.1 Å². The van der Waals surface area contributed by atoms with Gasteiger partial charge in [0, 0.05) is 12.1 Å². The second-order valence-corrected chi connectivity index (χ2v) is 6.15. The number of nitrogens with one attached hydrogen (secondary N) is 1. The Morgan fingerprint density at radius 1 is 1.33 bits per heavy atom. The average Bonchev–Trinajstić information content (AvgIpc) is 3.26. The maximum Gasteiger partial charge on any atom is 0.310 e. The molecule has 1 aliphatic carbocycles. The molecule has 114 valence electrons. The zero-order chi connectivity index (χ0) is 15.7. The van der Waals surface area contributed by atoms with Gasteiger partial charge in [0.25, 0.3) is 0 Å². The van der Waals surface area contributed by atoms with Crippen molar-refractivity contribution in [1.29, 1.82) is 0 Å². The highest BCUT2D eigenvalue weighted by atomic mass is 16.5. The molecule has 5 nitrogen and oxygen atoms in total. The molecule has 0 bridgehead atoms. The fraction of sp³-hybridized carbons (Fsp3) is 0.500. The lowest BCUT2D eigenvalue weighted by Crippen LogP contribution is -2.43. The lowest BCUT2D eigenvalue weighted by molar-refractivity contribution is -0.146. The number of carbonyl (C=O) groups excluding carboxylic acids is 1. The van der Waals surface area contributed by atoms with E-state index in [0.29, 0.717) is 5.75 Å². The van der Waals surface area contributed by atoms with Crippen LogP contribution in [0.5, 0.6) is 5.75 Å².